The normalized spacial score (nSPS) is 14.8. The van der Waals surface area contributed by atoms with Gasteiger partial charge in [-0.15, -0.1) is 0 Å². The van der Waals surface area contributed by atoms with Crippen molar-refractivity contribution in [1.29, 1.82) is 0 Å². The number of likely N-dealkylation sites (tertiary alicyclic amines) is 1. The van der Waals surface area contributed by atoms with Gasteiger partial charge in [-0.1, -0.05) is 12.1 Å². The zero-order valence-electron chi connectivity index (χ0n) is 12.0. The fourth-order valence-corrected chi connectivity index (χ4v) is 2.45. The minimum Gasteiger partial charge on any atom is -0.465 e. The molecule has 1 aromatic rings. The number of nitrogens with zero attached hydrogens (tertiary/aromatic N) is 2. The Morgan fingerprint density at radius 1 is 1.15 bits per heavy atom. The number of piperidine rings is 1. The van der Waals surface area contributed by atoms with E-state index < -0.39 is 5.97 Å². The van der Waals surface area contributed by atoms with Gasteiger partial charge in [0, 0.05) is 20.1 Å². The lowest BCUT2D eigenvalue weighted by atomic mass is 10.1. The zero-order valence-corrected chi connectivity index (χ0v) is 12.0. The van der Waals surface area contributed by atoms with Crippen molar-refractivity contribution >= 4 is 17.7 Å². The molecule has 0 radical (unpaired) electrons. The number of esters is 1. The summed E-state index contributed by atoms with van der Waals surface area (Å²) < 4.78 is 4.76. The fourth-order valence-electron chi connectivity index (χ4n) is 2.45. The highest BCUT2D eigenvalue weighted by Gasteiger charge is 2.24. The first-order valence-corrected chi connectivity index (χ1v) is 6.85. The molecular weight excluding hydrogens is 256 g/mol. The summed E-state index contributed by atoms with van der Waals surface area (Å²) in [6.07, 6.45) is 3.25. The molecule has 1 heterocycles. The third-order valence-electron chi connectivity index (χ3n) is 3.58. The van der Waals surface area contributed by atoms with Gasteiger partial charge in [0.1, 0.15) is 0 Å². The van der Waals surface area contributed by atoms with E-state index in [1.165, 1.54) is 18.4 Å². The molecule has 0 unspecified atom stereocenters. The van der Waals surface area contributed by atoms with Crippen molar-refractivity contribution in [3.63, 3.8) is 0 Å². The van der Waals surface area contributed by atoms with E-state index in [2.05, 4.69) is 0 Å². The Morgan fingerprint density at radius 3 is 2.45 bits per heavy atom. The lowest BCUT2D eigenvalue weighted by Crippen LogP contribution is -2.44. The molecule has 0 bridgehead atoms. The molecule has 20 heavy (non-hydrogen) atoms. The first kappa shape index (κ1) is 14.4. The Morgan fingerprint density at radius 2 is 1.80 bits per heavy atom. The number of para-hydroxylation sites is 1. The van der Waals surface area contributed by atoms with Gasteiger partial charge >= 0.3 is 12.0 Å². The number of amides is 2. The van der Waals surface area contributed by atoms with E-state index in [0.29, 0.717) is 11.3 Å². The smallest absolute Gasteiger partial charge is 0.339 e. The highest BCUT2D eigenvalue weighted by Crippen LogP contribution is 2.22. The lowest BCUT2D eigenvalue weighted by molar-refractivity contribution is 0.0601. The maximum Gasteiger partial charge on any atom is 0.339 e. The number of methoxy groups -OCH3 is 1. The molecule has 5 heteroatoms. The second kappa shape index (κ2) is 6.41. The van der Waals surface area contributed by atoms with Gasteiger partial charge in [0.2, 0.25) is 0 Å². The number of carbonyl (C=O) groups excluding carboxylic acids is 2. The molecule has 0 aliphatic carbocycles. The highest BCUT2D eigenvalue weighted by atomic mass is 16.5. The van der Waals surface area contributed by atoms with E-state index in [0.717, 1.165) is 25.9 Å². The van der Waals surface area contributed by atoms with E-state index in [-0.39, 0.29) is 6.03 Å². The number of rotatable bonds is 2. The van der Waals surface area contributed by atoms with Crippen molar-refractivity contribution in [3.8, 4) is 0 Å². The van der Waals surface area contributed by atoms with Crippen LogP contribution in [0.3, 0.4) is 0 Å². The van der Waals surface area contributed by atoms with Crippen LogP contribution >= 0.6 is 0 Å². The van der Waals surface area contributed by atoms with Crippen LogP contribution < -0.4 is 4.90 Å². The topological polar surface area (TPSA) is 49.9 Å². The molecule has 2 amide bonds. The maximum atomic E-state index is 12.5. The van der Waals surface area contributed by atoms with Crippen molar-refractivity contribution in [3.05, 3.63) is 29.8 Å². The number of anilines is 1. The minimum atomic E-state index is -0.432. The number of urea groups is 1. The van der Waals surface area contributed by atoms with Crippen LogP contribution in [0.5, 0.6) is 0 Å². The molecule has 0 saturated carbocycles. The summed E-state index contributed by atoms with van der Waals surface area (Å²) in [7, 11) is 3.03. The zero-order chi connectivity index (χ0) is 14.5. The highest BCUT2D eigenvalue weighted by molar-refractivity contribution is 6.01. The van der Waals surface area contributed by atoms with E-state index in [4.69, 9.17) is 4.74 Å². The molecule has 1 aliphatic heterocycles. The number of hydrogen-bond acceptors (Lipinski definition) is 3. The average molecular weight is 276 g/mol. The van der Waals surface area contributed by atoms with Crippen LogP contribution in [0.15, 0.2) is 24.3 Å². The average Bonchev–Trinajstić information content (AvgIpc) is 2.53. The second-order valence-electron chi connectivity index (χ2n) is 4.90. The molecule has 5 nitrogen and oxygen atoms in total. The van der Waals surface area contributed by atoms with Gasteiger partial charge in [-0.2, -0.15) is 0 Å². The summed E-state index contributed by atoms with van der Waals surface area (Å²) in [4.78, 5) is 27.6. The van der Waals surface area contributed by atoms with Gasteiger partial charge in [0.15, 0.2) is 0 Å². The maximum absolute atomic E-state index is 12.5. The van der Waals surface area contributed by atoms with Crippen LogP contribution in [-0.4, -0.2) is 44.1 Å². The largest absolute Gasteiger partial charge is 0.465 e. The Kier molecular flexibility index (Phi) is 4.61. The summed E-state index contributed by atoms with van der Waals surface area (Å²) >= 11 is 0. The first-order chi connectivity index (χ1) is 9.65. The van der Waals surface area contributed by atoms with Crippen LogP contribution in [0.1, 0.15) is 29.6 Å². The quantitative estimate of drug-likeness (QED) is 0.780. The Bertz CT molecular complexity index is 496. The van der Waals surface area contributed by atoms with E-state index >= 15 is 0 Å². The molecule has 2 rings (SSSR count). The van der Waals surface area contributed by atoms with E-state index in [9.17, 15) is 9.59 Å². The monoisotopic (exact) mass is 276 g/mol. The van der Waals surface area contributed by atoms with Gasteiger partial charge in [-0.25, -0.2) is 9.59 Å². The van der Waals surface area contributed by atoms with E-state index in [1.807, 2.05) is 11.0 Å². The second-order valence-corrected chi connectivity index (χ2v) is 4.90. The summed E-state index contributed by atoms with van der Waals surface area (Å²) in [6, 6.07) is 6.92. The molecule has 0 N–H and O–H groups in total. The Balaban J connectivity index is 2.21. The molecular formula is C15H20N2O3. The van der Waals surface area contributed by atoms with Gasteiger partial charge < -0.3 is 9.64 Å². The summed E-state index contributed by atoms with van der Waals surface area (Å²) in [5.74, 6) is -0.432. The third kappa shape index (κ3) is 2.92. The fraction of sp³-hybridized carbons (Fsp3) is 0.467. The van der Waals surface area contributed by atoms with Gasteiger partial charge in [-0.3, -0.25) is 4.90 Å². The van der Waals surface area contributed by atoms with Gasteiger partial charge in [0.25, 0.3) is 0 Å². The molecule has 0 spiro atoms. The third-order valence-corrected chi connectivity index (χ3v) is 3.58. The number of ether oxygens (including phenoxy) is 1. The van der Waals surface area contributed by atoms with Crippen molar-refractivity contribution in [2.45, 2.75) is 19.3 Å². The summed E-state index contributed by atoms with van der Waals surface area (Å²) in [6.45, 7) is 1.56. The first-order valence-electron chi connectivity index (χ1n) is 6.85. The number of carbonyl (C=O) groups is 2. The standard InChI is InChI=1S/C15H20N2O3/c1-16(15(19)17-10-6-3-7-11-17)13-9-5-4-8-12(13)14(18)20-2/h4-5,8-9H,3,6-7,10-11H2,1-2H3. The number of benzene rings is 1. The molecule has 108 valence electrons. The molecule has 1 saturated heterocycles. The van der Waals surface area contributed by atoms with Crippen molar-refractivity contribution in [2.24, 2.45) is 0 Å². The molecule has 0 atom stereocenters. The molecule has 1 fully saturated rings. The van der Waals surface area contributed by atoms with Crippen LogP contribution in [0.25, 0.3) is 0 Å². The van der Waals surface area contributed by atoms with Gasteiger partial charge in [0.05, 0.1) is 18.4 Å². The predicted octanol–water partition coefficient (Wildman–Crippen LogP) is 2.52. The Labute approximate surface area is 119 Å². The Hall–Kier alpha value is -2.04. The van der Waals surface area contributed by atoms with Crippen LogP contribution in [0, 0.1) is 0 Å². The molecule has 1 aromatic carbocycles. The summed E-state index contributed by atoms with van der Waals surface area (Å²) in [5.41, 5.74) is 0.984. The summed E-state index contributed by atoms with van der Waals surface area (Å²) in [5, 5.41) is 0. The van der Waals surface area contributed by atoms with E-state index in [1.54, 1.807) is 25.2 Å². The molecule has 0 aromatic heterocycles. The van der Waals surface area contributed by atoms with Crippen molar-refractivity contribution < 1.29 is 14.3 Å². The predicted molar refractivity (Wildman–Crippen MR) is 77.0 cm³/mol. The lowest BCUT2D eigenvalue weighted by Gasteiger charge is -2.31. The minimum absolute atomic E-state index is 0.0685. The van der Waals surface area contributed by atoms with Crippen molar-refractivity contribution in [1.82, 2.24) is 4.90 Å². The SMILES string of the molecule is COC(=O)c1ccccc1N(C)C(=O)N1CCCCC1. The van der Waals surface area contributed by atoms with Crippen LogP contribution in [-0.2, 0) is 4.74 Å². The number of hydrogen-bond donors (Lipinski definition) is 0. The molecule has 1 aliphatic rings. The van der Waals surface area contributed by atoms with Gasteiger partial charge in [-0.05, 0) is 31.4 Å². The van der Waals surface area contributed by atoms with Crippen LogP contribution in [0.4, 0.5) is 10.5 Å². The van der Waals surface area contributed by atoms with Crippen LogP contribution in [0.2, 0.25) is 0 Å². The van der Waals surface area contributed by atoms with Crippen molar-refractivity contribution in [2.75, 3.05) is 32.1 Å².